The lowest BCUT2D eigenvalue weighted by molar-refractivity contribution is -0.137. The van der Waals surface area contributed by atoms with Crippen molar-refractivity contribution < 1.29 is 13.2 Å². The zero-order valence-corrected chi connectivity index (χ0v) is 21.5. The highest BCUT2D eigenvalue weighted by Gasteiger charge is 2.32. The summed E-state index contributed by atoms with van der Waals surface area (Å²) in [6.45, 7) is 0. The van der Waals surface area contributed by atoms with E-state index in [9.17, 15) is 13.2 Å². The fourth-order valence-corrected chi connectivity index (χ4v) is 5.19. The minimum atomic E-state index is -4.53. The van der Waals surface area contributed by atoms with Gasteiger partial charge in [0.25, 0.3) is 0 Å². The first-order chi connectivity index (χ1) is 20.0. The van der Waals surface area contributed by atoms with E-state index in [0.29, 0.717) is 22.9 Å². The van der Waals surface area contributed by atoms with Gasteiger partial charge in [0.2, 0.25) is 0 Å². The minimum Gasteiger partial charge on any atom is -0.308 e. The van der Waals surface area contributed by atoms with Crippen LogP contribution in [-0.2, 0) is 6.18 Å². The third-order valence-electron chi connectivity index (χ3n) is 7.09. The number of alkyl halides is 3. The van der Waals surface area contributed by atoms with Crippen molar-refractivity contribution >= 4 is 21.8 Å². The van der Waals surface area contributed by atoms with E-state index in [2.05, 4.69) is 0 Å². The number of benzene rings is 5. The van der Waals surface area contributed by atoms with Gasteiger partial charge in [-0.2, -0.15) is 13.2 Å². The summed E-state index contributed by atoms with van der Waals surface area (Å²) in [5.74, 6) is 1.15. The molecule has 2 heterocycles. The molecule has 0 fully saturated rings. The molecule has 0 spiro atoms. The molecule has 7 aromatic rings. The van der Waals surface area contributed by atoms with E-state index in [1.54, 1.807) is 0 Å². The maximum Gasteiger partial charge on any atom is 0.416 e. The van der Waals surface area contributed by atoms with Gasteiger partial charge in [-0.25, -0.2) is 15.0 Å². The van der Waals surface area contributed by atoms with E-state index in [0.717, 1.165) is 39.0 Å². The lowest BCUT2D eigenvalue weighted by atomic mass is 10.1. The first-order valence-electron chi connectivity index (χ1n) is 13.0. The number of fused-ring (bicyclic) bond motifs is 3. The number of nitrogens with zero attached hydrogens (tertiary/aromatic N) is 4. The van der Waals surface area contributed by atoms with Crippen LogP contribution in [0.3, 0.4) is 0 Å². The lowest BCUT2D eigenvalue weighted by Crippen LogP contribution is -2.08. The van der Waals surface area contributed by atoms with Crippen LogP contribution >= 0.6 is 0 Å². The van der Waals surface area contributed by atoms with Crippen LogP contribution in [0.5, 0.6) is 0 Å². The van der Waals surface area contributed by atoms with Gasteiger partial charge in [-0.05, 0) is 30.3 Å². The third kappa shape index (κ3) is 4.41. The van der Waals surface area contributed by atoms with Crippen molar-refractivity contribution in [3.8, 4) is 39.9 Å². The van der Waals surface area contributed by atoms with Crippen LogP contribution in [0.25, 0.3) is 61.7 Å². The number of aromatic nitrogens is 4. The van der Waals surface area contributed by atoms with E-state index in [-0.39, 0.29) is 5.82 Å². The normalized spacial score (nSPS) is 11.8. The first kappa shape index (κ1) is 24.7. The molecule has 0 saturated heterocycles. The summed E-state index contributed by atoms with van der Waals surface area (Å²) in [7, 11) is 0. The minimum absolute atomic E-state index is 0.281. The molecule has 5 aromatic carbocycles. The van der Waals surface area contributed by atoms with Crippen LogP contribution < -0.4 is 0 Å². The molecule has 0 saturated carbocycles. The summed E-state index contributed by atoms with van der Waals surface area (Å²) in [5, 5.41) is 1.88. The van der Waals surface area contributed by atoms with Crippen molar-refractivity contribution in [1.29, 1.82) is 0 Å². The second-order valence-electron chi connectivity index (χ2n) is 9.64. The fourth-order valence-electron chi connectivity index (χ4n) is 5.19. The van der Waals surface area contributed by atoms with Gasteiger partial charge in [-0.1, -0.05) is 97.1 Å². The predicted octanol–water partition coefficient (Wildman–Crippen LogP) is 8.99. The van der Waals surface area contributed by atoms with Crippen molar-refractivity contribution in [2.75, 3.05) is 0 Å². The van der Waals surface area contributed by atoms with Crippen molar-refractivity contribution in [1.82, 2.24) is 19.5 Å². The summed E-state index contributed by atoms with van der Waals surface area (Å²) in [6, 6.07) is 38.1. The topological polar surface area (TPSA) is 43.6 Å². The van der Waals surface area contributed by atoms with Crippen LogP contribution in [0.1, 0.15) is 5.56 Å². The average Bonchev–Trinajstić information content (AvgIpc) is 3.35. The molecular formula is C34H21F3N4. The molecule has 0 radical (unpaired) electrons. The molecule has 0 aliphatic carbocycles. The van der Waals surface area contributed by atoms with E-state index in [1.807, 2.05) is 114 Å². The number of hydrogen-bond donors (Lipinski definition) is 0. The molecule has 0 unspecified atom stereocenters. The Balaban J connectivity index is 1.56. The molecule has 0 aliphatic heterocycles. The molecule has 4 nitrogen and oxygen atoms in total. The van der Waals surface area contributed by atoms with Crippen molar-refractivity contribution in [3.63, 3.8) is 0 Å². The Morgan fingerprint density at radius 2 is 0.951 bits per heavy atom. The van der Waals surface area contributed by atoms with Gasteiger partial charge in [-0.15, -0.1) is 0 Å². The average molecular weight is 543 g/mol. The Hall–Kier alpha value is -5.30. The van der Waals surface area contributed by atoms with Gasteiger partial charge in [-0.3, -0.25) is 0 Å². The molecule has 198 valence electrons. The molecule has 7 heteroatoms. The Bertz CT molecular complexity index is 1920. The zero-order chi connectivity index (χ0) is 28.0. The standard InChI is InChI=1S/C34H21F3N4/c35-34(36,37)24-19-20-27(30(21-24)41-28-17-9-7-15-25(28)26-16-8-10-18-29(26)41)33-39-31(22-11-3-1-4-12-22)38-32(40-33)23-13-5-2-6-14-23/h1-21H. The summed E-state index contributed by atoms with van der Waals surface area (Å²) in [5.41, 5.74) is 3.17. The maximum atomic E-state index is 14.1. The molecular weight excluding hydrogens is 521 g/mol. The Labute approximate surface area is 233 Å². The molecule has 0 atom stereocenters. The van der Waals surface area contributed by atoms with Crippen LogP contribution in [0, 0.1) is 0 Å². The van der Waals surface area contributed by atoms with E-state index >= 15 is 0 Å². The second-order valence-corrected chi connectivity index (χ2v) is 9.64. The molecule has 2 aromatic heterocycles. The van der Waals surface area contributed by atoms with Crippen molar-refractivity contribution in [2.45, 2.75) is 6.18 Å². The number of rotatable bonds is 4. The quantitative estimate of drug-likeness (QED) is 0.223. The van der Waals surface area contributed by atoms with E-state index in [1.165, 1.54) is 12.1 Å². The van der Waals surface area contributed by atoms with E-state index in [4.69, 9.17) is 15.0 Å². The Morgan fingerprint density at radius 3 is 1.46 bits per heavy atom. The van der Waals surface area contributed by atoms with Gasteiger partial charge < -0.3 is 4.57 Å². The van der Waals surface area contributed by atoms with Crippen LogP contribution in [0.15, 0.2) is 127 Å². The van der Waals surface area contributed by atoms with Crippen molar-refractivity contribution in [3.05, 3.63) is 133 Å². The summed E-state index contributed by atoms with van der Waals surface area (Å²) in [4.78, 5) is 14.3. The highest BCUT2D eigenvalue weighted by molar-refractivity contribution is 6.09. The van der Waals surface area contributed by atoms with Gasteiger partial charge >= 0.3 is 6.18 Å². The number of para-hydroxylation sites is 2. The molecule has 0 aliphatic rings. The van der Waals surface area contributed by atoms with Gasteiger partial charge in [0, 0.05) is 27.5 Å². The third-order valence-corrected chi connectivity index (χ3v) is 7.09. The van der Waals surface area contributed by atoms with Crippen molar-refractivity contribution in [2.24, 2.45) is 0 Å². The van der Waals surface area contributed by atoms with Gasteiger partial charge in [0.1, 0.15) is 0 Å². The van der Waals surface area contributed by atoms with Crippen LogP contribution in [0.2, 0.25) is 0 Å². The second kappa shape index (κ2) is 9.71. The largest absolute Gasteiger partial charge is 0.416 e. The van der Waals surface area contributed by atoms with Gasteiger partial charge in [0.05, 0.1) is 22.3 Å². The number of halogens is 3. The predicted molar refractivity (Wildman–Crippen MR) is 155 cm³/mol. The fraction of sp³-hybridized carbons (Fsp3) is 0.0294. The zero-order valence-electron chi connectivity index (χ0n) is 21.5. The van der Waals surface area contributed by atoms with Gasteiger partial charge in [0.15, 0.2) is 17.5 Å². The highest BCUT2D eigenvalue weighted by Crippen LogP contribution is 2.39. The first-order valence-corrected chi connectivity index (χ1v) is 13.0. The molecule has 0 bridgehead atoms. The Kier molecular flexibility index (Phi) is 5.86. The Morgan fingerprint density at radius 1 is 0.488 bits per heavy atom. The highest BCUT2D eigenvalue weighted by atomic mass is 19.4. The molecule has 0 N–H and O–H groups in total. The smallest absolute Gasteiger partial charge is 0.308 e. The lowest BCUT2D eigenvalue weighted by Gasteiger charge is -2.17. The SMILES string of the molecule is FC(F)(F)c1ccc(-c2nc(-c3ccccc3)nc(-c3ccccc3)n2)c(-n2c3ccccc3c3ccccc32)c1. The number of hydrogen-bond acceptors (Lipinski definition) is 3. The summed E-state index contributed by atoms with van der Waals surface area (Å²) < 4.78 is 44.1. The summed E-state index contributed by atoms with van der Waals surface area (Å²) in [6.07, 6.45) is -4.53. The van der Waals surface area contributed by atoms with E-state index < -0.39 is 11.7 Å². The molecule has 7 rings (SSSR count). The molecule has 0 amide bonds. The summed E-state index contributed by atoms with van der Waals surface area (Å²) >= 11 is 0. The maximum absolute atomic E-state index is 14.1. The monoisotopic (exact) mass is 542 g/mol. The molecule has 41 heavy (non-hydrogen) atoms. The van der Waals surface area contributed by atoms with Crippen LogP contribution in [0.4, 0.5) is 13.2 Å². The van der Waals surface area contributed by atoms with Crippen LogP contribution in [-0.4, -0.2) is 19.5 Å².